The Balaban J connectivity index is 1.83. The zero-order valence-corrected chi connectivity index (χ0v) is 10.8. The van der Waals surface area contributed by atoms with Gasteiger partial charge in [0.15, 0.2) is 5.82 Å². The fraction of sp³-hybridized carbons (Fsp3) is 0.0667. The highest BCUT2D eigenvalue weighted by molar-refractivity contribution is 5.97. The van der Waals surface area contributed by atoms with Crippen LogP contribution in [0.5, 0.6) is 0 Å². The molecule has 0 saturated carbocycles. The van der Waals surface area contributed by atoms with Gasteiger partial charge in [-0.05, 0) is 16.3 Å². The van der Waals surface area contributed by atoms with Crippen molar-refractivity contribution >= 4 is 28.2 Å². The Morgan fingerprint density at radius 1 is 1.20 bits per heavy atom. The van der Waals surface area contributed by atoms with Crippen molar-refractivity contribution in [2.75, 3.05) is 11.1 Å². The first-order chi connectivity index (χ1) is 9.74. The number of nitrogens with two attached hydrogens (primary N) is 1. The number of hydrogen-bond acceptors (Lipinski definition) is 3. The van der Waals surface area contributed by atoms with E-state index in [4.69, 9.17) is 5.73 Å². The van der Waals surface area contributed by atoms with E-state index in [0.29, 0.717) is 17.9 Å². The lowest BCUT2D eigenvalue weighted by Crippen LogP contribution is -2.15. The number of carbonyl (C=O) groups is 1. The molecule has 0 aliphatic heterocycles. The summed E-state index contributed by atoms with van der Waals surface area (Å²) in [4.78, 5) is 12.1. The van der Waals surface area contributed by atoms with Crippen LogP contribution in [0.3, 0.4) is 0 Å². The summed E-state index contributed by atoms with van der Waals surface area (Å²) in [5.41, 5.74) is 7.08. The van der Waals surface area contributed by atoms with Gasteiger partial charge >= 0.3 is 0 Å². The van der Waals surface area contributed by atoms with Gasteiger partial charge in [0.05, 0.1) is 18.3 Å². The molecule has 1 aromatic heterocycles. The summed E-state index contributed by atoms with van der Waals surface area (Å²) < 4.78 is 0. The zero-order valence-electron chi connectivity index (χ0n) is 10.8. The second-order valence-electron chi connectivity index (χ2n) is 4.56. The van der Waals surface area contributed by atoms with E-state index in [1.807, 2.05) is 42.5 Å². The van der Waals surface area contributed by atoms with Gasteiger partial charge < -0.3 is 11.1 Å². The van der Waals surface area contributed by atoms with Crippen molar-refractivity contribution in [3.8, 4) is 0 Å². The van der Waals surface area contributed by atoms with Gasteiger partial charge in [-0.3, -0.25) is 9.89 Å². The molecule has 0 radical (unpaired) electrons. The third-order valence-electron chi connectivity index (χ3n) is 3.16. The molecule has 0 bridgehead atoms. The Morgan fingerprint density at radius 3 is 2.80 bits per heavy atom. The number of rotatable bonds is 3. The topological polar surface area (TPSA) is 83.8 Å². The van der Waals surface area contributed by atoms with Crippen LogP contribution in [0.25, 0.3) is 10.8 Å². The van der Waals surface area contributed by atoms with Gasteiger partial charge in [-0.2, -0.15) is 5.10 Å². The maximum absolute atomic E-state index is 12.1. The Labute approximate surface area is 115 Å². The molecule has 0 unspecified atom stereocenters. The minimum absolute atomic E-state index is 0.127. The van der Waals surface area contributed by atoms with E-state index in [-0.39, 0.29) is 5.91 Å². The molecule has 3 aromatic rings. The number of amides is 1. The van der Waals surface area contributed by atoms with Crippen molar-refractivity contribution < 1.29 is 4.79 Å². The molecule has 20 heavy (non-hydrogen) atoms. The number of carbonyl (C=O) groups excluding carboxylic acids is 1. The predicted octanol–water partition coefficient (Wildman–Crippen LogP) is 2.33. The van der Waals surface area contributed by atoms with Crippen LogP contribution in [0.15, 0.2) is 48.7 Å². The Hall–Kier alpha value is -2.82. The van der Waals surface area contributed by atoms with E-state index in [1.54, 1.807) is 0 Å². The molecule has 5 nitrogen and oxygen atoms in total. The van der Waals surface area contributed by atoms with Crippen molar-refractivity contribution in [1.29, 1.82) is 0 Å². The number of benzene rings is 2. The van der Waals surface area contributed by atoms with E-state index in [0.717, 1.165) is 16.3 Å². The van der Waals surface area contributed by atoms with Crippen LogP contribution < -0.4 is 11.1 Å². The highest BCUT2D eigenvalue weighted by Gasteiger charge is 2.09. The molecule has 0 aliphatic carbocycles. The fourth-order valence-corrected chi connectivity index (χ4v) is 2.20. The first kappa shape index (κ1) is 12.2. The highest BCUT2D eigenvalue weighted by Crippen LogP contribution is 2.20. The molecule has 4 N–H and O–H groups in total. The normalized spacial score (nSPS) is 10.6. The maximum atomic E-state index is 12.1. The van der Waals surface area contributed by atoms with Gasteiger partial charge in [0, 0.05) is 0 Å². The van der Waals surface area contributed by atoms with E-state index in [2.05, 4.69) is 15.5 Å². The number of fused-ring (bicyclic) bond motifs is 1. The number of aromatic nitrogens is 2. The van der Waals surface area contributed by atoms with Crippen LogP contribution >= 0.6 is 0 Å². The molecule has 1 amide bonds. The van der Waals surface area contributed by atoms with Crippen LogP contribution in [0, 0.1) is 0 Å². The standard InChI is InChI=1S/C15H14N4O/c16-13-9-17-19-15(13)18-14(20)8-11-6-3-5-10-4-1-2-7-12(10)11/h1-7,9H,8,16H2,(H2,17,18,19,20). The summed E-state index contributed by atoms with van der Waals surface area (Å²) >= 11 is 0. The first-order valence-corrected chi connectivity index (χ1v) is 6.29. The van der Waals surface area contributed by atoms with E-state index < -0.39 is 0 Å². The SMILES string of the molecule is Nc1cn[nH]c1NC(=O)Cc1cccc2ccccc12. The zero-order chi connectivity index (χ0) is 13.9. The van der Waals surface area contributed by atoms with Crippen LogP contribution in [-0.2, 0) is 11.2 Å². The molecular formula is C15H14N4O. The lowest BCUT2D eigenvalue weighted by molar-refractivity contribution is -0.115. The summed E-state index contributed by atoms with van der Waals surface area (Å²) in [7, 11) is 0. The minimum atomic E-state index is -0.127. The van der Waals surface area contributed by atoms with Crippen molar-refractivity contribution in [2.24, 2.45) is 0 Å². The Kier molecular flexibility index (Phi) is 3.09. The summed E-state index contributed by atoms with van der Waals surface area (Å²) in [6.45, 7) is 0. The molecule has 100 valence electrons. The third kappa shape index (κ3) is 2.33. The lowest BCUT2D eigenvalue weighted by atomic mass is 10.0. The van der Waals surface area contributed by atoms with Crippen LogP contribution in [0.4, 0.5) is 11.5 Å². The van der Waals surface area contributed by atoms with Crippen molar-refractivity contribution in [1.82, 2.24) is 10.2 Å². The van der Waals surface area contributed by atoms with Crippen LogP contribution in [0.2, 0.25) is 0 Å². The number of H-pyrrole nitrogens is 1. The van der Waals surface area contributed by atoms with Crippen molar-refractivity contribution in [2.45, 2.75) is 6.42 Å². The molecular weight excluding hydrogens is 252 g/mol. The second-order valence-corrected chi connectivity index (χ2v) is 4.56. The molecule has 0 fully saturated rings. The summed E-state index contributed by atoms with van der Waals surface area (Å²) in [6.07, 6.45) is 1.76. The average molecular weight is 266 g/mol. The summed E-state index contributed by atoms with van der Waals surface area (Å²) in [5, 5.41) is 11.4. The van der Waals surface area contributed by atoms with Gasteiger partial charge in [-0.25, -0.2) is 0 Å². The van der Waals surface area contributed by atoms with Gasteiger partial charge in [0.1, 0.15) is 0 Å². The number of nitrogens with one attached hydrogen (secondary N) is 2. The Bertz CT molecular complexity index is 758. The van der Waals surface area contributed by atoms with Crippen LogP contribution in [0.1, 0.15) is 5.56 Å². The molecule has 0 spiro atoms. The first-order valence-electron chi connectivity index (χ1n) is 6.29. The smallest absolute Gasteiger partial charge is 0.230 e. The summed E-state index contributed by atoms with van der Waals surface area (Å²) in [5.74, 6) is 0.313. The highest BCUT2D eigenvalue weighted by atomic mass is 16.1. The predicted molar refractivity (Wildman–Crippen MR) is 79.3 cm³/mol. The molecule has 2 aromatic carbocycles. The quantitative estimate of drug-likeness (QED) is 0.680. The number of aromatic amines is 1. The fourth-order valence-electron chi connectivity index (χ4n) is 2.20. The maximum Gasteiger partial charge on any atom is 0.230 e. The largest absolute Gasteiger partial charge is 0.394 e. The average Bonchev–Trinajstić information content (AvgIpc) is 2.85. The molecule has 3 rings (SSSR count). The minimum Gasteiger partial charge on any atom is -0.394 e. The van der Waals surface area contributed by atoms with Gasteiger partial charge in [0.25, 0.3) is 0 Å². The van der Waals surface area contributed by atoms with E-state index in [9.17, 15) is 4.79 Å². The van der Waals surface area contributed by atoms with Crippen molar-refractivity contribution in [3.05, 3.63) is 54.2 Å². The lowest BCUT2D eigenvalue weighted by Gasteiger charge is -2.07. The molecule has 0 saturated heterocycles. The summed E-state index contributed by atoms with van der Waals surface area (Å²) in [6, 6.07) is 13.9. The third-order valence-corrected chi connectivity index (χ3v) is 3.16. The monoisotopic (exact) mass is 266 g/mol. The van der Waals surface area contributed by atoms with Crippen molar-refractivity contribution in [3.63, 3.8) is 0 Å². The molecule has 0 aliphatic rings. The molecule has 5 heteroatoms. The molecule has 1 heterocycles. The Morgan fingerprint density at radius 2 is 2.00 bits per heavy atom. The van der Waals surface area contributed by atoms with Gasteiger partial charge in [-0.15, -0.1) is 0 Å². The second kappa shape index (κ2) is 5.05. The number of nitrogens with zero attached hydrogens (tertiary/aromatic N) is 1. The molecule has 0 atom stereocenters. The van der Waals surface area contributed by atoms with Crippen LogP contribution in [-0.4, -0.2) is 16.1 Å². The number of hydrogen-bond donors (Lipinski definition) is 3. The number of anilines is 2. The van der Waals surface area contributed by atoms with E-state index in [1.165, 1.54) is 6.20 Å². The van der Waals surface area contributed by atoms with E-state index >= 15 is 0 Å². The number of nitrogen functional groups attached to an aromatic ring is 1. The van der Waals surface area contributed by atoms with Gasteiger partial charge in [0.2, 0.25) is 5.91 Å². The van der Waals surface area contributed by atoms with Gasteiger partial charge in [-0.1, -0.05) is 42.5 Å².